The van der Waals surface area contributed by atoms with Gasteiger partial charge in [0.2, 0.25) is 0 Å². The monoisotopic (exact) mass is 439 g/mol. The number of hydrogen-bond acceptors (Lipinski definition) is 3. The molecule has 0 saturated carbocycles. The zero-order chi connectivity index (χ0) is 22.6. The van der Waals surface area contributed by atoms with E-state index in [0.29, 0.717) is 19.1 Å². The minimum atomic E-state index is 0.0895. The lowest BCUT2D eigenvalue weighted by Gasteiger charge is -2.41. The Labute approximate surface area is 195 Å². The lowest BCUT2D eigenvalue weighted by Crippen LogP contribution is -2.62. The van der Waals surface area contributed by atoms with Crippen LogP contribution in [0, 0.1) is 0 Å². The summed E-state index contributed by atoms with van der Waals surface area (Å²) in [6.45, 7) is 2.93. The first-order valence-electron chi connectivity index (χ1n) is 11.7. The van der Waals surface area contributed by atoms with Crippen LogP contribution >= 0.6 is 0 Å². The quantitative estimate of drug-likeness (QED) is 0.639. The van der Waals surface area contributed by atoms with Crippen LogP contribution in [0.1, 0.15) is 38.3 Å². The molecule has 5 nitrogen and oxygen atoms in total. The molecule has 2 saturated heterocycles. The number of hydrogen-bond donors (Lipinski definition) is 1. The fourth-order valence-corrected chi connectivity index (χ4v) is 4.71. The SMILES string of the molecule is O=C(c1ccccc1)N1CCC(NC2CN(C(=O)c3ccc(Cc4ccccc4)cc3)C2)C1. The highest BCUT2D eigenvalue weighted by Crippen LogP contribution is 2.19. The molecule has 168 valence electrons. The van der Waals surface area contributed by atoms with Gasteiger partial charge in [0.1, 0.15) is 0 Å². The molecular weight excluding hydrogens is 410 g/mol. The van der Waals surface area contributed by atoms with Gasteiger partial charge in [0.05, 0.1) is 0 Å². The molecule has 2 heterocycles. The van der Waals surface area contributed by atoms with Crippen LogP contribution in [0.2, 0.25) is 0 Å². The summed E-state index contributed by atoms with van der Waals surface area (Å²) in [5.41, 5.74) is 3.96. The molecule has 5 rings (SSSR count). The number of likely N-dealkylation sites (tertiary alicyclic amines) is 2. The second-order valence-corrected chi connectivity index (χ2v) is 9.04. The average molecular weight is 440 g/mol. The minimum absolute atomic E-state index is 0.0895. The first-order chi connectivity index (χ1) is 16.2. The largest absolute Gasteiger partial charge is 0.337 e. The van der Waals surface area contributed by atoms with Gasteiger partial charge in [-0.3, -0.25) is 9.59 Å². The van der Waals surface area contributed by atoms with Gasteiger partial charge in [-0.15, -0.1) is 0 Å². The fraction of sp³-hybridized carbons (Fsp3) is 0.286. The van der Waals surface area contributed by atoms with Crippen molar-refractivity contribution >= 4 is 11.8 Å². The molecule has 2 aliphatic rings. The van der Waals surface area contributed by atoms with Gasteiger partial charge in [-0.1, -0.05) is 60.7 Å². The Morgan fingerprint density at radius 1 is 0.667 bits per heavy atom. The van der Waals surface area contributed by atoms with E-state index in [1.807, 2.05) is 82.6 Å². The van der Waals surface area contributed by atoms with Crippen LogP contribution in [-0.2, 0) is 6.42 Å². The Hall–Kier alpha value is -3.44. The van der Waals surface area contributed by atoms with Crippen LogP contribution in [0.4, 0.5) is 0 Å². The zero-order valence-corrected chi connectivity index (χ0v) is 18.7. The molecule has 1 atom stereocenters. The second-order valence-electron chi connectivity index (χ2n) is 9.04. The number of nitrogens with one attached hydrogen (secondary N) is 1. The van der Waals surface area contributed by atoms with Crippen LogP contribution in [0.3, 0.4) is 0 Å². The molecule has 2 fully saturated rings. The van der Waals surface area contributed by atoms with Crippen molar-refractivity contribution < 1.29 is 9.59 Å². The standard InChI is InChI=1S/C28H29N3O2/c32-27(23-9-5-2-6-10-23)30-16-15-25(18-30)29-26-19-31(20-26)28(33)24-13-11-22(12-14-24)17-21-7-3-1-4-8-21/h1-14,25-26,29H,15-20H2. The molecule has 3 aromatic carbocycles. The maximum absolute atomic E-state index is 12.8. The summed E-state index contributed by atoms with van der Waals surface area (Å²) < 4.78 is 0. The molecule has 3 aromatic rings. The highest BCUT2D eigenvalue weighted by atomic mass is 16.2. The predicted octanol–water partition coefficient (Wildman–Crippen LogP) is 3.61. The predicted molar refractivity (Wildman–Crippen MR) is 129 cm³/mol. The van der Waals surface area contributed by atoms with E-state index < -0.39 is 0 Å². The van der Waals surface area contributed by atoms with Gasteiger partial charge in [-0.05, 0) is 48.2 Å². The highest BCUT2D eigenvalue weighted by molar-refractivity contribution is 5.95. The lowest BCUT2D eigenvalue weighted by molar-refractivity contribution is 0.0552. The molecule has 0 radical (unpaired) electrons. The van der Waals surface area contributed by atoms with E-state index in [2.05, 4.69) is 17.4 Å². The van der Waals surface area contributed by atoms with Crippen molar-refractivity contribution in [3.63, 3.8) is 0 Å². The summed E-state index contributed by atoms with van der Waals surface area (Å²) >= 11 is 0. The first kappa shape index (κ1) is 21.4. The molecule has 1 unspecified atom stereocenters. The third-order valence-corrected chi connectivity index (χ3v) is 6.59. The van der Waals surface area contributed by atoms with Crippen molar-refractivity contribution in [2.24, 2.45) is 0 Å². The molecule has 0 aliphatic carbocycles. The molecule has 5 heteroatoms. The van der Waals surface area contributed by atoms with Gasteiger partial charge < -0.3 is 15.1 Å². The van der Waals surface area contributed by atoms with E-state index in [9.17, 15) is 9.59 Å². The lowest BCUT2D eigenvalue weighted by atomic mass is 10.0. The number of carbonyl (C=O) groups is 2. The molecular formula is C28H29N3O2. The van der Waals surface area contributed by atoms with Crippen molar-refractivity contribution in [1.82, 2.24) is 15.1 Å². The molecule has 0 spiro atoms. The van der Waals surface area contributed by atoms with Crippen molar-refractivity contribution in [3.05, 3.63) is 107 Å². The van der Waals surface area contributed by atoms with Gasteiger partial charge in [0.25, 0.3) is 11.8 Å². The molecule has 1 N–H and O–H groups in total. The van der Waals surface area contributed by atoms with Crippen LogP contribution in [0.5, 0.6) is 0 Å². The Morgan fingerprint density at radius 2 is 1.21 bits per heavy atom. The van der Waals surface area contributed by atoms with Crippen LogP contribution in [0.25, 0.3) is 0 Å². The van der Waals surface area contributed by atoms with Crippen molar-refractivity contribution in [1.29, 1.82) is 0 Å². The molecule has 0 bridgehead atoms. The zero-order valence-electron chi connectivity index (χ0n) is 18.7. The van der Waals surface area contributed by atoms with Crippen molar-refractivity contribution in [3.8, 4) is 0 Å². The smallest absolute Gasteiger partial charge is 0.253 e. The number of amides is 2. The fourth-order valence-electron chi connectivity index (χ4n) is 4.71. The normalized spacial score (nSPS) is 18.2. The number of benzene rings is 3. The van der Waals surface area contributed by atoms with Gasteiger partial charge in [0.15, 0.2) is 0 Å². The Morgan fingerprint density at radius 3 is 1.91 bits per heavy atom. The van der Waals surface area contributed by atoms with Gasteiger partial charge >= 0.3 is 0 Å². The van der Waals surface area contributed by atoms with Gasteiger partial charge in [-0.2, -0.15) is 0 Å². The summed E-state index contributed by atoms with van der Waals surface area (Å²) in [5, 5.41) is 3.64. The summed E-state index contributed by atoms with van der Waals surface area (Å²) in [6.07, 6.45) is 1.82. The number of carbonyl (C=O) groups excluding carboxylic acids is 2. The number of rotatable bonds is 6. The molecule has 0 aromatic heterocycles. The van der Waals surface area contributed by atoms with Gasteiger partial charge in [0, 0.05) is 49.4 Å². The van der Waals surface area contributed by atoms with E-state index in [1.54, 1.807) is 0 Å². The van der Waals surface area contributed by atoms with E-state index in [0.717, 1.165) is 37.1 Å². The Balaban J connectivity index is 1.08. The second kappa shape index (κ2) is 9.59. The van der Waals surface area contributed by atoms with Gasteiger partial charge in [-0.25, -0.2) is 0 Å². The maximum atomic E-state index is 12.8. The van der Waals surface area contributed by atoms with E-state index in [4.69, 9.17) is 0 Å². The third-order valence-electron chi connectivity index (χ3n) is 6.59. The topological polar surface area (TPSA) is 52.7 Å². The van der Waals surface area contributed by atoms with Crippen molar-refractivity contribution in [2.45, 2.75) is 24.9 Å². The van der Waals surface area contributed by atoms with E-state index in [1.165, 1.54) is 11.1 Å². The van der Waals surface area contributed by atoms with Crippen LogP contribution < -0.4 is 5.32 Å². The summed E-state index contributed by atoms with van der Waals surface area (Å²) in [4.78, 5) is 29.3. The maximum Gasteiger partial charge on any atom is 0.253 e. The summed E-state index contributed by atoms with van der Waals surface area (Å²) in [5.74, 6) is 0.188. The summed E-state index contributed by atoms with van der Waals surface area (Å²) in [7, 11) is 0. The van der Waals surface area contributed by atoms with E-state index >= 15 is 0 Å². The first-order valence-corrected chi connectivity index (χ1v) is 11.7. The van der Waals surface area contributed by atoms with Crippen LogP contribution in [-0.4, -0.2) is 59.9 Å². The van der Waals surface area contributed by atoms with E-state index in [-0.39, 0.29) is 17.9 Å². The average Bonchev–Trinajstić information content (AvgIpc) is 3.31. The van der Waals surface area contributed by atoms with Crippen molar-refractivity contribution in [2.75, 3.05) is 26.2 Å². The third kappa shape index (κ3) is 4.99. The minimum Gasteiger partial charge on any atom is -0.337 e. The van der Waals surface area contributed by atoms with Crippen LogP contribution in [0.15, 0.2) is 84.9 Å². The molecule has 2 aliphatic heterocycles. The number of nitrogens with zero attached hydrogens (tertiary/aromatic N) is 2. The highest BCUT2D eigenvalue weighted by Gasteiger charge is 2.35. The summed E-state index contributed by atoms with van der Waals surface area (Å²) in [6, 6.07) is 28.4. The molecule has 33 heavy (non-hydrogen) atoms. The molecule has 2 amide bonds. The Kier molecular flexibility index (Phi) is 6.22. The Bertz CT molecular complexity index is 1090.